The lowest BCUT2D eigenvalue weighted by Crippen LogP contribution is -2.40. The fourth-order valence-electron chi connectivity index (χ4n) is 3.75. The lowest BCUT2D eigenvalue weighted by molar-refractivity contribution is -0.187. The van der Waals surface area contributed by atoms with Gasteiger partial charge < -0.3 is 15.2 Å². The zero-order valence-electron chi connectivity index (χ0n) is 15.7. The van der Waals surface area contributed by atoms with Gasteiger partial charge in [-0.05, 0) is 48.4 Å². The summed E-state index contributed by atoms with van der Waals surface area (Å²) in [6.45, 7) is 1.14. The van der Waals surface area contributed by atoms with Crippen molar-refractivity contribution in [1.82, 2.24) is 4.98 Å². The molecule has 2 aromatic carbocycles. The predicted octanol–water partition coefficient (Wildman–Crippen LogP) is 4.74. The number of aromatic nitrogens is 1. The minimum atomic E-state index is -4.64. The van der Waals surface area contributed by atoms with Crippen molar-refractivity contribution in [2.24, 2.45) is 0 Å². The predicted molar refractivity (Wildman–Crippen MR) is 100 cm³/mol. The largest absolute Gasteiger partial charge is 0.494 e. The number of anilines is 1. The van der Waals surface area contributed by atoms with E-state index in [-0.39, 0.29) is 11.3 Å². The lowest BCUT2D eigenvalue weighted by atomic mass is 9.79. The van der Waals surface area contributed by atoms with Crippen LogP contribution in [0.4, 0.5) is 23.2 Å². The minimum absolute atomic E-state index is 0.142. The fourth-order valence-corrected chi connectivity index (χ4v) is 3.75. The summed E-state index contributed by atoms with van der Waals surface area (Å²) in [5.41, 5.74) is 5.55. The number of hydrogen-bond acceptors (Lipinski definition) is 4. The third kappa shape index (κ3) is 3.07. The third-order valence-corrected chi connectivity index (χ3v) is 5.34. The molecule has 1 aromatic heterocycles. The van der Waals surface area contributed by atoms with Gasteiger partial charge >= 0.3 is 6.18 Å². The summed E-state index contributed by atoms with van der Waals surface area (Å²) in [7, 11) is 1.26. The Hall–Kier alpha value is -2.87. The van der Waals surface area contributed by atoms with E-state index in [1.807, 2.05) is 0 Å². The SMILES string of the molecule is COc1cc(C(c2cc3c(N)cccc3nc2C)C2(C(F)(F)F)CO2)ccc1F. The van der Waals surface area contributed by atoms with E-state index in [4.69, 9.17) is 15.2 Å². The smallest absolute Gasteiger partial charge is 0.420 e. The van der Waals surface area contributed by atoms with Gasteiger partial charge in [0.2, 0.25) is 0 Å². The number of aryl methyl sites for hydroxylation is 1. The highest BCUT2D eigenvalue weighted by Crippen LogP contribution is 2.56. The maximum absolute atomic E-state index is 14.0. The van der Waals surface area contributed by atoms with E-state index < -0.39 is 30.1 Å². The first kappa shape index (κ1) is 19.4. The number of alkyl halides is 3. The number of methoxy groups -OCH3 is 1. The molecule has 1 fully saturated rings. The fraction of sp³-hybridized carbons (Fsp3) is 0.286. The summed E-state index contributed by atoms with van der Waals surface area (Å²) in [6.07, 6.45) is -4.64. The summed E-state index contributed by atoms with van der Waals surface area (Å²) in [4.78, 5) is 4.46. The molecule has 0 radical (unpaired) electrons. The van der Waals surface area contributed by atoms with Crippen LogP contribution in [0.3, 0.4) is 0 Å². The number of benzene rings is 2. The molecule has 2 unspecified atom stereocenters. The Bertz CT molecular complexity index is 1090. The molecule has 1 saturated heterocycles. The standard InChI is InChI=1S/C21H18F4N2O2/c1-11-13(9-14-16(26)4-3-5-17(14)27-11)19(20(10-29-20)21(23,24)25)12-6-7-15(22)18(8-12)28-2/h3-9,19H,10,26H2,1-2H3. The topological polar surface area (TPSA) is 60.7 Å². The first-order valence-corrected chi connectivity index (χ1v) is 8.88. The van der Waals surface area contributed by atoms with Crippen molar-refractivity contribution in [2.45, 2.75) is 24.6 Å². The van der Waals surface area contributed by atoms with E-state index in [0.717, 1.165) is 6.07 Å². The van der Waals surface area contributed by atoms with Crippen molar-refractivity contribution in [3.05, 3.63) is 65.1 Å². The van der Waals surface area contributed by atoms with E-state index in [2.05, 4.69) is 4.98 Å². The normalized spacial score (nSPS) is 19.9. The summed E-state index contributed by atoms with van der Waals surface area (Å²) >= 11 is 0. The number of fused-ring (bicyclic) bond motifs is 1. The van der Waals surface area contributed by atoms with E-state index in [0.29, 0.717) is 27.8 Å². The number of nitrogens with two attached hydrogens (primary N) is 1. The first-order valence-electron chi connectivity index (χ1n) is 8.88. The molecule has 0 saturated carbocycles. The van der Waals surface area contributed by atoms with Gasteiger partial charge in [-0.15, -0.1) is 0 Å². The molecule has 3 aromatic rings. The quantitative estimate of drug-likeness (QED) is 0.386. The zero-order chi connectivity index (χ0) is 21.0. The van der Waals surface area contributed by atoms with Crippen molar-refractivity contribution in [2.75, 3.05) is 19.5 Å². The highest BCUT2D eigenvalue weighted by molar-refractivity contribution is 5.91. The third-order valence-electron chi connectivity index (χ3n) is 5.34. The molecule has 0 bridgehead atoms. The summed E-state index contributed by atoms with van der Waals surface area (Å²) in [5.74, 6) is -2.06. The van der Waals surface area contributed by atoms with Gasteiger partial charge in [0.25, 0.3) is 0 Å². The Morgan fingerprint density at radius 3 is 2.55 bits per heavy atom. The number of nitrogens with zero attached hydrogens (tertiary/aromatic N) is 1. The van der Waals surface area contributed by atoms with Crippen LogP contribution in [0, 0.1) is 12.7 Å². The van der Waals surface area contributed by atoms with Gasteiger partial charge in [-0.3, -0.25) is 4.98 Å². The van der Waals surface area contributed by atoms with Crippen LogP contribution in [0.15, 0.2) is 42.5 Å². The molecule has 152 valence electrons. The van der Waals surface area contributed by atoms with Crippen molar-refractivity contribution < 1.29 is 27.0 Å². The molecular formula is C21H18F4N2O2. The maximum Gasteiger partial charge on any atom is 0.420 e. The average molecular weight is 406 g/mol. The highest BCUT2D eigenvalue weighted by Gasteiger charge is 2.70. The van der Waals surface area contributed by atoms with Gasteiger partial charge in [-0.1, -0.05) is 12.1 Å². The van der Waals surface area contributed by atoms with Crippen molar-refractivity contribution in [3.63, 3.8) is 0 Å². The Kier molecular flexibility index (Phi) is 4.42. The van der Waals surface area contributed by atoms with Crippen molar-refractivity contribution in [3.8, 4) is 5.75 Å². The lowest BCUT2D eigenvalue weighted by Gasteiger charge is -2.28. The van der Waals surface area contributed by atoms with Crippen LogP contribution in [0.25, 0.3) is 10.9 Å². The summed E-state index contributed by atoms with van der Waals surface area (Å²) < 4.78 is 66.0. The van der Waals surface area contributed by atoms with Gasteiger partial charge in [0.1, 0.15) is 0 Å². The summed E-state index contributed by atoms with van der Waals surface area (Å²) in [6, 6.07) is 10.4. The molecule has 0 aliphatic carbocycles. The second-order valence-corrected chi connectivity index (χ2v) is 7.08. The Morgan fingerprint density at radius 2 is 1.93 bits per heavy atom. The highest BCUT2D eigenvalue weighted by atomic mass is 19.4. The van der Waals surface area contributed by atoms with Gasteiger partial charge in [0.05, 0.1) is 25.2 Å². The van der Waals surface area contributed by atoms with E-state index >= 15 is 0 Å². The number of nitrogen functional groups attached to an aromatic ring is 1. The average Bonchev–Trinajstić information content (AvgIpc) is 3.46. The van der Waals surface area contributed by atoms with E-state index in [9.17, 15) is 17.6 Å². The molecule has 4 nitrogen and oxygen atoms in total. The second-order valence-electron chi connectivity index (χ2n) is 7.08. The molecular weight excluding hydrogens is 388 g/mol. The van der Waals surface area contributed by atoms with Crippen LogP contribution in [0.1, 0.15) is 22.7 Å². The van der Waals surface area contributed by atoms with E-state index in [1.54, 1.807) is 31.2 Å². The van der Waals surface area contributed by atoms with Crippen LogP contribution >= 0.6 is 0 Å². The molecule has 8 heteroatoms. The van der Waals surface area contributed by atoms with Crippen LogP contribution in [-0.2, 0) is 4.74 Å². The molecule has 1 aliphatic rings. The Balaban J connectivity index is 1.99. The second kappa shape index (κ2) is 6.59. The number of halogens is 4. The maximum atomic E-state index is 14.0. The van der Waals surface area contributed by atoms with E-state index in [1.165, 1.54) is 19.2 Å². The van der Waals surface area contributed by atoms with Gasteiger partial charge in [-0.2, -0.15) is 13.2 Å². The van der Waals surface area contributed by atoms with Gasteiger partial charge in [0, 0.05) is 16.8 Å². The monoisotopic (exact) mass is 406 g/mol. The molecule has 2 atom stereocenters. The zero-order valence-corrected chi connectivity index (χ0v) is 15.7. The summed E-state index contributed by atoms with van der Waals surface area (Å²) in [5, 5.41) is 0.546. The van der Waals surface area contributed by atoms with Gasteiger partial charge in [0.15, 0.2) is 17.2 Å². The van der Waals surface area contributed by atoms with Crippen LogP contribution in [0.2, 0.25) is 0 Å². The number of epoxide rings is 1. The van der Waals surface area contributed by atoms with Gasteiger partial charge in [-0.25, -0.2) is 4.39 Å². The number of hydrogen-bond donors (Lipinski definition) is 1. The molecule has 1 aliphatic heterocycles. The number of ether oxygens (including phenoxy) is 2. The molecule has 0 amide bonds. The molecule has 29 heavy (non-hydrogen) atoms. The molecule has 2 heterocycles. The minimum Gasteiger partial charge on any atom is -0.494 e. The van der Waals surface area contributed by atoms with Crippen molar-refractivity contribution >= 4 is 16.6 Å². The molecule has 4 rings (SSSR count). The Labute approximate surface area is 164 Å². The van der Waals surface area contributed by atoms with Crippen LogP contribution in [-0.4, -0.2) is 30.5 Å². The molecule has 2 N–H and O–H groups in total. The van der Waals surface area contributed by atoms with Crippen LogP contribution in [0.5, 0.6) is 5.75 Å². The van der Waals surface area contributed by atoms with Crippen LogP contribution < -0.4 is 10.5 Å². The number of pyridine rings is 1. The van der Waals surface area contributed by atoms with Crippen molar-refractivity contribution in [1.29, 1.82) is 0 Å². The Morgan fingerprint density at radius 1 is 1.21 bits per heavy atom. The number of rotatable bonds is 4. The molecule has 0 spiro atoms. The first-order chi connectivity index (χ1) is 13.7.